The van der Waals surface area contributed by atoms with Gasteiger partial charge in [-0.15, -0.1) is 0 Å². The fourth-order valence-electron chi connectivity index (χ4n) is 9.62. The number of aliphatic imine (C=N–C) groups is 1. The van der Waals surface area contributed by atoms with Crippen LogP contribution in [0.25, 0.3) is 0 Å². The highest BCUT2D eigenvalue weighted by atomic mass is 16.5. The topological polar surface area (TPSA) is 502 Å². The first-order chi connectivity index (χ1) is 38.2. The molecule has 31 heteroatoms. The molecule has 0 aromatic carbocycles. The maximum atomic E-state index is 14.1. The van der Waals surface area contributed by atoms with E-state index in [1.165, 1.54) is 6.92 Å². The molecule has 3 fully saturated rings. The number of carboxylic acids is 2. The third kappa shape index (κ3) is 20.9. The van der Waals surface area contributed by atoms with Crippen molar-refractivity contribution in [2.75, 3.05) is 26.2 Å². The summed E-state index contributed by atoms with van der Waals surface area (Å²) in [6.07, 6.45) is -3.89. The molecule has 0 bridgehead atoms. The summed E-state index contributed by atoms with van der Waals surface area (Å²) in [6, 6.07) is -16.2. The van der Waals surface area contributed by atoms with E-state index in [-0.39, 0.29) is 44.7 Å². The van der Waals surface area contributed by atoms with E-state index in [0.717, 1.165) is 69.6 Å². The van der Waals surface area contributed by atoms with Crippen LogP contribution >= 0.6 is 0 Å². The Kier molecular flexibility index (Phi) is 28.6. The maximum absolute atomic E-state index is 14.1. The number of carbonyl (C=O) groups is 11. The largest absolute Gasteiger partial charge is 0.479 e. The molecule has 458 valence electrons. The van der Waals surface area contributed by atoms with Gasteiger partial charge in [-0.2, -0.15) is 0 Å². The third-order valence-corrected chi connectivity index (χ3v) is 14.1. The minimum Gasteiger partial charge on any atom is -0.479 e. The Morgan fingerprint density at radius 2 is 1.10 bits per heavy atom. The molecular formula is C50H83N11O20. The van der Waals surface area contributed by atoms with E-state index in [1.54, 1.807) is 0 Å². The molecule has 0 spiro atoms. The summed E-state index contributed by atoms with van der Waals surface area (Å²) in [5, 5.41) is 97.3. The molecule has 18 N–H and O–H groups in total. The van der Waals surface area contributed by atoms with Gasteiger partial charge < -0.3 is 98.8 Å². The number of unbranched alkanes of at least 4 members (excludes halogenated alkanes) is 10. The summed E-state index contributed by atoms with van der Waals surface area (Å²) in [4.78, 5) is 155. The van der Waals surface area contributed by atoms with Crippen LogP contribution in [0.1, 0.15) is 130 Å². The lowest BCUT2D eigenvalue weighted by Gasteiger charge is -2.32. The molecule has 0 aromatic heterocycles. The number of aliphatic hydroxyl groups excluding tert-OH is 6. The summed E-state index contributed by atoms with van der Waals surface area (Å²) in [5.74, 6) is -16.3. The number of hydrogen-bond acceptors (Lipinski definition) is 19. The number of guanidine groups is 1. The molecule has 3 aliphatic heterocycles. The van der Waals surface area contributed by atoms with Gasteiger partial charge in [0.2, 0.25) is 47.3 Å². The van der Waals surface area contributed by atoms with Gasteiger partial charge in [-0.05, 0) is 52.4 Å². The van der Waals surface area contributed by atoms with E-state index in [2.05, 4.69) is 27.9 Å². The second kappa shape index (κ2) is 33.8. The summed E-state index contributed by atoms with van der Waals surface area (Å²) >= 11 is 0. The number of fused-ring (bicyclic) bond motifs is 2. The Morgan fingerprint density at radius 1 is 0.617 bits per heavy atom. The van der Waals surface area contributed by atoms with E-state index in [4.69, 9.17) is 16.2 Å². The van der Waals surface area contributed by atoms with Crippen molar-refractivity contribution in [1.82, 2.24) is 41.7 Å². The number of cyclic esters (lactones) is 1. The molecule has 3 rings (SSSR count). The number of nitrogens with zero attached hydrogens (tertiary/aromatic N) is 3. The number of carboxylic acid groups (broad SMARTS) is 2. The van der Waals surface area contributed by atoms with Gasteiger partial charge in [-0.1, -0.05) is 71.1 Å². The first-order valence-corrected chi connectivity index (χ1v) is 27.4. The standard InChI is InChI=1S/C50H83N11O20/c1-4-5-6-7-8-9-10-11-12-13-14-16-27-23-32(66)57-33(26(3)63)41(70)54-25(2)45(74)60-21-18-30(64)36(60)43(72)55-28(17-15-20-53-50(51)52)40(69)58-34(38(67)47(76)77)42(71)56-29(24-62)46(75)61-22-19-31(65)37(61)44(73)59-35(49(80)81-27)39(68)48(78)79/h25-31,33-39,62-65,67-68H,4-24H2,1-3H3,(H,54,70)(H,55,72)(H,56,71)(H,57,66)(H,58,69)(H,59,73)(H,76,77)(H,78,79)(H4,51,52,53)/t25-,26-,27?,28-,29-,30+,31+,33+,34-,35-,36-,37-,38+,39-/m0/s1. The van der Waals surface area contributed by atoms with Crippen LogP contribution in [-0.4, -0.2) is 233 Å². The molecule has 0 aromatic rings. The average molecular weight is 1160 g/mol. The van der Waals surface area contributed by atoms with Crippen LogP contribution in [0.2, 0.25) is 0 Å². The highest BCUT2D eigenvalue weighted by Crippen LogP contribution is 2.23. The van der Waals surface area contributed by atoms with Crippen molar-refractivity contribution in [2.45, 2.75) is 215 Å². The van der Waals surface area contributed by atoms with Crippen LogP contribution in [0.4, 0.5) is 0 Å². The van der Waals surface area contributed by atoms with Gasteiger partial charge in [0, 0.05) is 19.6 Å². The van der Waals surface area contributed by atoms with Crippen molar-refractivity contribution in [2.24, 2.45) is 16.5 Å². The lowest BCUT2D eigenvalue weighted by molar-refractivity contribution is -0.165. The molecule has 3 saturated heterocycles. The van der Waals surface area contributed by atoms with Gasteiger partial charge in [-0.25, -0.2) is 14.4 Å². The van der Waals surface area contributed by atoms with Gasteiger partial charge in [0.1, 0.15) is 48.4 Å². The first kappa shape index (κ1) is 68.5. The minimum atomic E-state index is -2.81. The quantitative estimate of drug-likeness (QED) is 0.0208. The lowest BCUT2D eigenvalue weighted by atomic mass is 10.0. The average Bonchev–Trinajstić information content (AvgIpc) is 4.02. The number of nitrogens with two attached hydrogens (primary N) is 2. The molecule has 3 aliphatic rings. The van der Waals surface area contributed by atoms with Crippen molar-refractivity contribution >= 4 is 71.1 Å². The van der Waals surface area contributed by atoms with Crippen molar-refractivity contribution in [3.05, 3.63) is 0 Å². The normalized spacial score (nSPS) is 28.3. The van der Waals surface area contributed by atoms with Gasteiger partial charge >= 0.3 is 17.9 Å². The smallest absolute Gasteiger partial charge is 0.335 e. The van der Waals surface area contributed by atoms with E-state index in [9.17, 15) is 93.6 Å². The first-order valence-electron chi connectivity index (χ1n) is 27.4. The van der Waals surface area contributed by atoms with Crippen LogP contribution < -0.4 is 43.4 Å². The molecule has 3 heterocycles. The number of aliphatic hydroxyl groups is 6. The predicted octanol–water partition coefficient (Wildman–Crippen LogP) is -5.83. The van der Waals surface area contributed by atoms with E-state index >= 15 is 0 Å². The summed E-state index contributed by atoms with van der Waals surface area (Å²) in [5.41, 5.74) is 10.8. The van der Waals surface area contributed by atoms with Crippen LogP contribution in [0, 0.1) is 0 Å². The van der Waals surface area contributed by atoms with Crippen LogP contribution in [0.5, 0.6) is 0 Å². The van der Waals surface area contributed by atoms with E-state index in [1.807, 2.05) is 16.0 Å². The molecule has 0 saturated carbocycles. The third-order valence-electron chi connectivity index (χ3n) is 14.1. The second-order valence-electron chi connectivity index (χ2n) is 20.6. The highest BCUT2D eigenvalue weighted by Gasteiger charge is 2.48. The minimum absolute atomic E-state index is 0.0713. The maximum Gasteiger partial charge on any atom is 0.335 e. The van der Waals surface area contributed by atoms with E-state index < -0.39 is 176 Å². The number of esters is 1. The van der Waals surface area contributed by atoms with Gasteiger partial charge in [-0.3, -0.25) is 43.3 Å². The van der Waals surface area contributed by atoms with Gasteiger partial charge in [0.05, 0.1) is 31.3 Å². The van der Waals surface area contributed by atoms with Crippen molar-refractivity contribution in [3.63, 3.8) is 0 Å². The Balaban J connectivity index is 2.12. The summed E-state index contributed by atoms with van der Waals surface area (Å²) in [7, 11) is 0. The Bertz CT molecular complexity index is 2220. The van der Waals surface area contributed by atoms with Crippen molar-refractivity contribution in [1.29, 1.82) is 0 Å². The van der Waals surface area contributed by atoms with E-state index in [0.29, 0.717) is 17.7 Å². The number of aliphatic carboxylic acids is 2. The fraction of sp³-hybridized carbons (Fsp3) is 0.760. The predicted molar refractivity (Wildman–Crippen MR) is 281 cm³/mol. The second-order valence-corrected chi connectivity index (χ2v) is 20.6. The molecule has 14 atom stereocenters. The molecule has 31 nitrogen and oxygen atoms in total. The number of rotatable bonds is 22. The Labute approximate surface area is 467 Å². The number of amides is 8. The number of ether oxygens (including phenoxy) is 1. The van der Waals surface area contributed by atoms with Crippen LogP contribution in [0.3, 0.4) is 0 Å². The SMILES string of the molecule is CCCCCCCCCCCCCC1CC(=O)N[C@H]([C@H](C)O)C(=O)N[C@@H](C)C(=O)N2CC[C@@H](O)[C@H]2C(=O)N[C@@H](CCCN=C(N)N)C(=O)N[C@@H]([C@@H](O)C(=O)O)C(=O)N[C@@H](CO)C(=O)N2CC[C@@H](O)[C@H]2C(=O)N[C@@H]([C@H](O)C(=O)O)C(=O)O1. The van der Waals surface area contributed by atoms with Gasteiger partial charge in [0.25, 0.3) is 0 Å². The zero-order chi connectivity index (χ0) is 60.7. The Hall–Kier alpha value is -6.80. The van der Waals surface area contributed by atoms with Crippen LogP contribution in [0.15, 0.2) is 4.99 Å². The summed E-state index contributed by atoms with van der Waals surface area (Å²) < 4.78 is 5.60. The fourth-order valence-corrected chi connectivity index (χ4v) is 9.62. The zero-order valence-corrected chi connectivity index (χ0v) is 45.9. The lowest BCUT2D eigenvalue weighted by Crippen LogP contribution is -2.64. The molecule has 0 aliphatic carbocycles. The van der Waals surface area contributed by atoms with Crippen LogP contribution in [-0.2, 0) is 57.5 Å². The molecule has 81 heavy (non-hydrogen) atoms. The zero-order valence-electron chi connectivity index (χ0n) is 45.9. The molecule has 0 radical (unpaired) electrons. The van der Waals surface area contributed by atoms with Crippen molar-refractivity contribution in [3.8, 4) is 0 Å². The highest BCUT2D eigenvalue weighted by molar-refractivity contribution is 6.00. The Morgan fingerprint density at radius 3 is 1.62 bits per heavy atom. The number of hydrogen-bond donors (Lipinski definition) is 16. The monoisotopic (exact) mass is 1160 g/mol. The summed E-state index contributed by atoms with van der Waals surface area (Å²) in [6.45, 7) is 2.14. The molecular weight excluding hydrogens is 1070 g/mol. The number of carbonyl (C=O) groups excluding carboxylic acids is 9. The van der Waals surface area contributed by atoms with Gasteiger partial charge in [0.15, 0.2) is 24.2 Å². The molecule has 1 unspecified atom stereocenters. The van der Waals surface area contributed by atoms with Crippen molar-refractivity contribution < 1.29 is 98.3 Å². The number of nitrogens with one attached hydrogen (secondary N) is 6. The molecule has 8 amide bonds.